The Morgan fingerprint density at radius 1 is 0.969 bits per heavy atom. The van der Waals surface area contributed by atoms with E-state index in [1.54, 1.807) is 0 Å². The van der Waals surface area contributed by atoms with Crippen LogP contribution in [0.3, 0.4) is 0 Å². The van der Waals surface area contributed by atoms with Crippen LogP contribution in [0.4, 0.5) is 0 Å². The molecule has 0 aromatic rings. The molecule has 0 aromatic carbocycles. The van der Waals surface area contributed by atoms with E-state index in [4.69, 9.17) is 14.2 Å². The van der Waals surface area contributed by atoms with Crippen molar-refractivity contribution in [2.45, 2.75) is 128 Å². The molecule has 0 aromatic heterocycles. The molecule has 6 unspecified atom stereocenters. The maximum Gasteiger partial charge on any atom is 0.187 e. The van der Waals surface area contributed by atoms with Gasteiger partial charge in [0.05, 0.1) is 36.1 Å². The van der Waals surface area contributed by atoms with Crippen LogP contribution >= 0.6 is 0 Å². The number of ether oxygens (including phenoxy) is 3. The Kier molecular flexibility index (Phi) is 10.9. The highest BCUT2D eigenvalue weighted by Gasteiger charge is 2.55. The lowest BCUT2D eigenvalue weighted by molar-refractivity contribution is -0.341. The van der Waals surface area contributed by atoms with Gasteiger partial charge in [0, 0.05) is 12.5 Å². The standard InChI is InChI=1S/C25H49NO6/c1-7-24(6,8-2)32-23-21(28)20(27)19(25(29,9-3)10-4)22(31-23)18(5)30-17-16-26-14-12-11-13-15-26/h18-23,27-29H,7-17H2,1-6H3. The molecule has 2 fully saturated rings. The molecule has 0 spiro atoms. The third-order valence-electron chi connectivity index (χ3n) is 8.08. The Morgan fingerprint density at radius 3 is 2.09 bits per heavy atom. The maximum atomic E-state index is 11.3. The molecule has 0 saturated carbocycles. The molecule has 2 saturated heterocycles. The molecule has 32 heavy (non-hydrogen) atoms. The quantitative estimate of drug-likeness (QED) is 0.413. The molecule has 2 heterocycles. The van der Waals surface area contributed by atoms with Gasteiger partial charge in [-0.05, 0) is 65.5 Å². The van der Waals surface area contributed by atoms with Crippen LogP contribution < -0.4 is 0 Å². The van der Waals surface area contributed by atoms with E-state index in [-0.39, 0.29) is 6.10 Å². The van der Waals surface area contributed by atoms with E-state index in [0.717, 1.165) is 32.5 Å². The molecule has 3 N–H and O–H groups in total. The Balaban J connectivity index is 2.17. The van der Waals surface area contributed by atoms with Gasteiger partial charge < -0.3 is 34.4 Å². The Labute approximate surface area is 195 Å². The number of hydrogen-bond donors (Lipinski definition) is 3. The fourth-order valence-corrected chi connectivity index (χ4v) is 5.08. The van der Waals surface area contributed by atoms with Crippen molar-refractivity contribution in [3.8, 4) is 0 Å². The third kappa shape index (κ3) is 6.65. The highest BCUT2D eigenvalue weighted by Crippen LogP contribution is 2.41. The molecule has 190 valence electrons. The molecule has 2 rings (SSSR count). The predicted molar refractivity (Wildman–Crippen MR) is 125 cm³/mol. The maximum absolute atomic E-state index is 11.3. The second kappa shape index (κ2) is 12.4. The summed E-state index contributed by atoms with van der Waals surface area (Å²) in [5, 5.41) is 33.4. The first-order chi connectivity index (χ1) is 15.1. The molecular formula is C25H49NO6. The highest BCUT2D eigenvalue weighted by molar-refractivity contribution is 5.01. The summed E-state index contributed by atoms with van der Waals surface area (Å²) in [6.07, 6.45) is 1.85. The molecule has 7 nitrogen and oxygen atoms in total. The van der Waals surface area contributed by atoms with Crippen molar-refractivity contribution >= 4 is 0 Å². The number of aliphatic hydroxyl groups is 3. The minimum absolute atomic E-state index is 0.364. The summed E-state index contributed by atoms with van der Waals surface area (Å²) in [5.74, 6) is -0.674. The van der Waals surface area contributed by atoms with Gasteiger partial charge in [0.1, 0.15) is 6.10 Å². The zero-order chi connectivity index (χ0) is 23.9. The van der Waals surface area contributed by atoms with E-state index in [9.17, 15) is 15.3 Å². The summed E-state index contributed by atoms with van der Waals surface area (Å²) in [6.45, 7) is 15.4. The van der Waals surface area contributed by atoms with Gasteiger partial charge in [0.15, 0.2) is 6.29 Å². The highest BCUT2D eigenvalue weighted by atomic mass is 16.7. The number of hydrogen-bond acceptors (Lipinski definition) is 7. The monoisotopic (exact) mass is 459 g/mol. The van der Waals surface area contributed by atoms with E-state index >= 15 is 0 Å². The van der Waals surface area contributed by atoms with Gasteiger partial charge in [-0.25, -0.2) is 0 Å². The second-order valence-electron chi connectivity index (χ2n) is 10.0. The van der Waals surface area contributed by atoms with Crippen LogP contribution in [0.15, 0.2) is 0 Å². The second-order valence-corrected chi connectivity index (χ2v) is 10.0. The van der Waals surface area contributed by atoms with Crippen molar-refractivity contribution in [2.24, 2.45) is 5.92 Å². The van der Waals surface area contributed by atoms with E-state index in [1.807, 2.05) is 41.5 Å². The van der Waals surface area contributed by atoms with Crippen LogP contribution in [0.5, 0.6) is 0 Å². The van der Waals surface area contributed by atoms with Crippen LogP contribution in [-0.2, 0) is 14.2 Å². The van der Waals surface area contributed by atoms with Crippen molar-refractivity contribution in [1.82, 2.24) is 4.90 Å². The number of likely N-dealkylation sites (tertiary alicyclic amines) is 1. The Hall–Kier alpha value is -0.280. The summed E-state index contributed by atoms with van der Waals surface area (Å²) in [4.78, 5) is 2.42. The Bertz CT molecular complexity index is 531. The molecule has 0 aliphatic carbocycles. The molecule has 0 amide bonds. The summed E-state index contributed by atoms with van der Waals surface area (Å²) in [6, 6.07) is 0. The normalized spacial score (nSPS) is 31.6. The van der Waals surface area contributed by atoms with Gasteiger partial charge >= 0.3 is 0 Å². The zero-order valence-electron chi connectivity index (χ0n) is 21.3. The van der Waals surface area contributed by atoms with Gasteiger partial charge in [-0.1, -0.05) is 34.1 Å². The van der Waals surface area contributed by atoms with Crippen molar-refractivity contribution in [3.63, 3.8) is 0 Å². The summed E-state index contributed by atoms with van der Waals surface area (Å²) in [5.41, 5.74) is -1.63. The molecule has 0 radical (unpaired) electrons. The van der Waals surface area contributed by atoms with Crippen LogP contribution in [0.1, 0.15) is 86.5 Å². The summed E-state index contributed by atoms with van der Waals surface area (Å²) >= 11 is 0. The summed E-state index contributed by atoms with van der Waals surface area (Å²) in [7, 11) is 0. The van der Waals surface area contributed by atoms with Crippen LogP contribution in [-0.4, -0.2) is 88.4 Å². The SMILES string of the molecule is CCC(C)(CC)OC1OC(C(C)OCCN2CCCCC2)C(C(O)(CC)CC)C(O)C1O. The van der Waals surface area contributed by atoms with E-state index < -0.39 is 41.7 Å². The largest absolute Gasteiger partial charge is 0.390 e. The molecule has 0 bridgehead atoms. The number of aliphatic hydroxyl groups excluding tert-OH is 2. The lowest BCUT2D eigenvalue weighted by Crippen LogP contribution is -2.65. The molecule has 7 heteroatoms. The predicted octanol–water partition coefficient (Wildman–Crippen LogP) is 3.09. The van der Waals surface area contributed by atoms with Gasteiger partial charge in [-0.2, -0.15) is 0 Å². The first-order valence-electron chi connectivity index (χ1n) is 12.9. The molecule has 2 aliphatic heterocycles. The summed E-state index contributed by atoms with van der Waals surface area (Å²) < 4.78 is 18.7. The van der Waals surface area contributed by atoms with Crippen LogP contribution in [0, 0.1) is 5.92 Å². The Morgan fingerprint density at radius 2 is 1.56 bits per heavy atom. The zero-order valence-corrected chi connectivity index (χ0v) is 21.3. The molecule has 2 aliphatic rings. The smallest absolute Gasteiger partial charge is 0.187 e. The van der Waals surface area contributed by atoms with E-state index in [1.165, 1.54) is 19.3 Å². The van der Waals surface area contributed by atoms with Crippen LogP contribution in [0.2, 0.25) is 0 Å². The van der Waals surface area contributed by atoms with Crippen molar-refractivity contribution in [1.29, 1.82) is 0 Å². The minimum atomic E-state index is -1.24. The van der Waals surface area contributed by atoms with E-state index in [2.05, 4.69) is 4.90 Å². The topological polar surface area (TPSA) is 91.6 Å². The van der Waals surface area contributed by atoms with Crippen molar-refractivity contribution < 1.29 is 29.5 Å². The average Bonchev–Trinajstić information content (AvgIpc) is 2.81. The van der Waals surface area contributed by atoms with Gasteiger partial charge in [-0.3, -0.25) is 0 Å². The number of piperidine rings is 1. The first kappa shape index (κ1) is 28.0. The third-order valence-corrected chi connectivity index (χ3v) is 8.08. The van der Waals surface area contributed by atoms with Gasteiger partial charge in [0.2, 0.25) is 0 Å². The fraction of sp³-hybridized carbons (Fsp3) is 1.00. The lowest BCUT2D eigenvalue weighted by atomic mass is 9.72. The lowest BCUT2D eigenvalue weighted by Gasteiger charge is -2.51. The van der Waals surface area contributed by atoms with Crippen molar-refractivity contribution in [3.05, 3.63) is 0 Å². The van der Waals surface area contributed by atoms with Crippen molar-refractivity contribution in [2.75, 3.05) is 26.2 Å². The molecular weight excluding hydrogens is 410 g/mol. The minimum Gasteiger partial charge on any atom is -0.390 e. The van der Waals surface area contributed by atoms with Crippen LogP contribution in [0.25, 0.3) is 0 Å². The fourth-order valence-electron chi connectivity index (χ4n) is 5.08. The number of rotatable bonds is 12. The van der Waals surface area contributed by atoms with Gasteiger partial charge in [0.25, 0.3) is 0 Å². The first-order valence-corrected chi connectivity index (χ1v) is 12.9. The van der Waals surface area contributed by atoms with E-state index in [0.29, 0.717) is 19.4 Å². The average molecular weight is 460 g/mol. The molecule has 6 atom stereocenters. The number of nitrogens with zero attached hydrogens (tertiary/aromatic N) is 1. The van der Waals surface area contributed by atoms with Gasteiger partial charge in [-0.15, -0.1) is 0 Å².